The lowest BCUT2D eigenvalue weighted by atomic mass is 9.98. The van der Waals surface area contributed by atoms with Gasteiger partial charge in [0.15, 0.2) is 0 Å². The van der Waals surface area contributed by atoms with Crippen molar-refractivity contribution in [2.75, 3.05) is 12.2 Å². The molecule has 0 N–H and O–H groups in total. The molecular weight excluding hydrogens is 376 g/mol. The van der Waals surface area contributed by atoms with Crippen molar-refractivity contribution in [2.24, 2.45) is 0 Å². The van der Waals surface area contributed by atoms with Gasteiger partial charge >= 0.3 is 5.97 Å². The quantitative estimate of drug-likeness (QED) is 0.304. The van der Waals surface area contributed by atoms with Crippen LogP contribution in [-0.2, 0) is 15.3 Å². The smallest absolute Gasteiger partial charge is 0.305 e. The zero-order chi connectivity index (χ0) is 20.9. The molecule has 0 unspecified atom stereocenters. The van der Waals surface area contributed by atoms with Gasteiger partial charge in [-0.1, -0.05) is 53.2 Å². The molecule has 1 aliphatic rings. The molecule has 27 heavy (non-hydrogen) atoms. The highest BCUT2D eigenvalue weighted by molar-refractivity contribution is 8.08. The molecule has 158 valence electrons. The second kappa shape index (κ2) is 21.5. The Bertz CT molecular complexity index is 430. The van der Waals surface area contributed by atoms with Crippen LogP contribution in [0.3, 0.4) is 0 Å². The maximum atomic E-state index is 10.9. The van der Waals surface area contributed by atoms with Crippen LogP contribution in [0.25, 0.3) is 0 Å². The van der Waals surface area contributed by atoms with E-state index in [0.29, 0.717) is 6.42 Å². The third-order valence-corrected chi connectivity index (χ3v) is 4.93. The minimum Gasteiger partial charge on any atom is -0.497 e. The summed E-state index contributed by atoms with van der Waals surface area (Å²) in [5.74, 6) is 1.89. The first-order chi connectivity index (χ1) is 13.2. The average Bonchev–Trinajstić information content (AvgIpc) is 2.76. The highest BCUT2D eigenvalue weighted by atomic mass is 32.2. The van der Waals surface area contributed by atoms with E-state index in [1.165, 1.54) is 24.8 Å². The summed E-state index contributed by atoms with van der Waals surface area (Å²) < 4.78 is 10.3. The fraction of sp³-hybridized carbons (Fsp3) is 0.682. The first-order valence-electron chi connectivity index (χ1n) is 10.2. The molecule has 1 aromatic carbocycles. The zero-order valence-corrected chi connectivity index (χ0v) is 19.8. The molecule has 1 aromatic rings. The minimum absolute atomic E-state index is 0.0445. The predicted octanol–water partition coefficient (Wildman–Crippen LogP) is 7.14. The van der Waals surface area contributed by atoms with Crippen molar-refractivity contribution in [1.82, 2.24) is 0 Å². The van der Waals surface area contributed by atoms with Crippen LogP contribution in [0.4, 0.5) is 0 Å². The number of thioether (sulfide) groups is 1. The lowest BCUT2D eigenvalue weighted by Crippen LogP contribution is -2.20. The summed E-state index contributed by atoms with van der Waals surface area (Å²) in [4.78, 5) is 10.9. The number of methoxy groups -OCH3 is 1. The van der Waals surface area contributed by atoms with E-state index in [4.69, 9.17) is 9.47 Å². The number of hydrogen-bond acceptors (Lipinski definition) is 5. The van der Waals surface area contributed by atoms with Gasteiger partial charge in [-0.25, -0.2) is 0 Å². The summed E-state index contributed by atoms with van der Waals surface area (Å²) in [5, 5.41) is 0.867. The highest BCUT2D eigenvalue weighted by Crippen LogP contribution is 2.20. The van der Waals surface area contributed by atoms with E-state index in [1.54, 1.807) is 18.9 Å². The minimum atomic E-state index is -0.0445. The number of esters is 1. The molecule has 0 aliphatic heterocycles. The molecule has 0 aromatic heterocycles. The molecule has 3 nitrogen and oxygen atoms in total. The second-order valence-corrected chi connectivity index (χ2v) is 7.16. The third kappa shape index (κ3) is 15.9. The van der Waals surface area contributed by atoms with Crippen molar-refractivity contribution in [2.45, 2.75) is 85.0 Å². The van der Waals surface area contributed by atoms with Gasteiger partial charge in [-0.2, -0.15) is 12.6 Å². The summed E-state index contributed by atoms with van der Waals surface area (Å²) in [6.07, 6.45) is 6.65. The van der Waals surface area contributed by atoms with Crippen LogP contribution in [0.15, 0.2) is 24.3 Å². The highest BCUT2D eigenvalue weighted by Gasteiger charge is 2.16. The summed E-state index contributed by atoms with van der Waals surface area (Å²) in [6, 6.07) is 8.12. The van der Waals surface area contributed by atoms with Gasteiger partial charge in [0.2, 0.25) is 0 Å². The number of ether oxygens (including phenoxy) is 2. The lowest BCUT2D eigenvalue weighted by Gasteiger charge is -2.21. The fourth-order valence-electron chi connectivity index (χ4n) is 2.34. The SMILES string of the molecule is CC.CC.CCC(=O)OC1CCCCC1.COc1ccc(CSCS)cc1. The van der Waals surface area contributed by atoms with Gasteiger partial charge < -0.3 is 9.47 Å². The maximum Gasteiger partial charge on any atom is 0.305 e. The summed E-state index contributed by atoms with van der Waals surface area (Å²) in [6.45, 7) is 9.84. The van der Waals surface area contributed by atoms with Gasteiger partial charge in [-0.3, -0.25) is 4.79 Å². The molecule has 5 heteroatoms. The second-order valence-electron chi connectivity index (χ2n) is 5.43. The Balaban J connectivity index is 0. The Kier molecular flexibility index (Phi) is 22.6. The van der Waals surface area contributed by atoms with Crippen molar-refractivity contribution in [3.05, 3.63) is 29.8 Å². The Morgan fingerprint density at radius 1 is 1.07 bits per heavy atom. The van der Waals surface area contributed by atoms with Gasteiger partial charge in [0.1, 0.15) is 11.9 Å². The van der Waals surface area contributed by atoms with Crippen LogP contribution in [0.5, 0.6) is 5.75 Å². The Hall–Kier alpha value is -0.810. The Labute approximate surface area is 177 Å². The Morgan fingerprint density at radius 2 is 1.63 bits per heavy atom. The molecule has 0 heterocycles. The van der Waals surface area contributed by atoms with E-state index in [2.05, 4.69) is 24.8 Å². The van der Waals surface area contributed by atoms with E-state index in [-0.39, 0.29) is 12.1 Å². The van der Waals surface area contributed by atoms with Crippen molar-refractivity contribution < 1.29 is 14.3 Å². The van der Waals surface area contributed by atoms with Crippen LogP contribution in [0, 0.1) is 0 Å². The van der Waals surface area contributed by atoms with E-state index < -0.39 is 0 Å². The maximum absolute atomic E-state index is 10.9. The van der Waals surface area contributed by atoms with Crippen molar-refractivity contribution in [3.63, 3.8) is 0 Å². The number of hydrogen-bond donors (Lipinski definition) is 1. The molecule has 0 radical (unpaired) electrons. The summed E-state index contributed by atoms with van der Waals surface area (Å²) >= 11 is 5.93. The van der Waals surface area contributed by atoms with Gasteiger partial charge in [-0.05, 0) is 43.4 Å². The molecule has 0 atom stereocenters. The molecule has 0 spiro atoms. The first-order valence-corrected chi connectivity index (χ1v) is 12.0. The standard InChI is InChI=1S/C9H16O2.C9H12OS2.2C2H6/c1-2-9(10)11-8-6-4-3-5-7-8;1-10-9-4-2-8(3-5-9)6-12-7-11;2*1-2/h8H,2-7H2,1H3;2-5,11H,6-7H2,1H3;2*1-2H3. The monoisotopic (exact) mass is 416 g/mol. The molecule has 1 fully saturated rings. The molecule has 0 amide bonds. The largest absolute Gasteiger partial charge is 0.497 e. The zero-order valence-electron chi connectivity index (χ0n) is 18.1. The van der Waals surface area contributed by atoms with Crippen LogP contribution in [-0.4, -0.2) is 24.3 Å². The van der Waals surface area contributed by atoms with Crippen LogP contribution >= 0.6 is 24.4 Å². The van der Waals surface area contributed by atoms with E-state index in [1.807, 2.05) is 46.8 Å². The number of benzene rings is 1. The Morgan fingerprint density at radius 3 is 2.07 bits per heavy atom. The number of thiol groups is 1. The van der Waals surface area contributed by atoms with Crippen LogP contribution in [0.2, 0.25) is 0 Å². The van der Waals surface area contributed by atoms with Crippen molar-refractivity contribution in [1.29, 1.82) is 0 Å². The normalized spacial score (nSPS) is 12.9. The molecule has 1 saturated carbocycles. The average molecular weight is 417 g/mol. The number of carbonyl (C=O) groups excluding carboxylic acids is 1. The number of carbonyl (C=O) groups is 1. The van der Waals surface area contributed by atoms with Crippen LogP contribution in [0.1, 0.15) is 78.7 Å². The van der Waals surface area contributed by atoms with Gasteiger partial charge in [0, 0.05) is 17.3 Å². The van der Waals surface area contributed by atoms with Gasteiger partial charge in [-0.15, -0.1) is 11.8 Å². The third-order valence-electron chi connectivity index (χ3n) is 3.66. The fourth-order valence-corrected chi connectivity index (χ4v) is 3.13. The topological polar surface area (TPSA) is 35.5 Å². The lowest BCUT2D eigenvalue weighted by molar-refractivity contribution is -0.150. The number of rotatable bonds is 6. The summed E-state index contributed by atoms with van der Waals surface area (Å²) in [5.41, 5.74) is 1.31. The van der Waals surface area contributed by atoms with Gasteiger partial charge in [0.05, 0.1) is 7.11 Å². The van der Waals surface area contributed by atoms with E-state index >= 15 is 0 Å². The molecule has 0 bridgehead atoms. The molecule has 1 aliphatic carbocycles. The molecule has 2 rings (SSSR count). The van der Waals surface area contributed by atoms with Crippen molar-refractivity contribution >= 4 is 30.4 Å². The van der Waals surface area contributed by atoms with E-state index in [9.17, 15) is 4.79 Å². The summed E-state index contributed by atoms with van der Waals surface area (Å²) in [7, 11) is 1.68. The van der Waals surface area contributed by atoms with Crippen molar-refractivity contribution in [3.8, 4) is 5.75 Å². The molecule has 0 saturated heterocycles. The predicted molar refractivity (Wildman–Crippen MR) is 124 cm³/mol. The molecular formula is C22H40O3S2. The van der Waals surface area contributed by atoms with Gasteiger partial charge in [0.25, 0.3) is 0 Å². The van der Waals surface area contributed by atoms with Crippen LogP contribution < -0.4 is 4.74 Å². The first kappa shape index (κ1) is 28.4. The van der Waals surface area contributed by atoms with E-state index in [0.717, 1.165) is 29.4 Å².